The molecule has 0 aliphatic carbocycles. The molecule has 2 aromatic heterocycles. The van der Waals surface area contributed by atoms with Gasteiger partial charge in [0.25, 0.3) is 11.8 Å². The summed E-state index contributed by atoms with van der Waals surface area (Å²) in [6.45, 7) is 3.52. The lowest BCUT2D eigenvalue weighted by molar-refractivity contribution is -0.140. The van der Waals surface area contributed by atoms with Crippen LogP contribution in [0.1, 0.15) is 19.6 Å². The Labute approximate surface area is 190 Å². The van der Waals surface area contributed by atoms with Crippen LogP contribution in [0.25, 0.3) is 39.2 Å². The number of aromatic nitrogens is 1. The van der Waals surface area contributed by atoms with Crippen molar-refractivity contribution in [2.24, 2.45) is 7.05 Å². The third kappa shape index (κ3) is 3.09. The minimum absolute atomic E-state index is 0.0166. The summed E-state index contributed by atoms with van der Waals surface area (Å²) in [5.41, 5.74) is 4.37. The average molecular weight is 435 g/mol. The van der Waals surface area contributed by atoms with E-state index in [0.29, 0.717) is 22.5 Å². The molecule has 0 unspecified atom stereocenters. The third-order valence-electron chi connectivity index (χ3n) is 6.24. The van der Waals surface area contributed by atoms with Gasteiger partial charge in [-0.3, -0.25) is 14.5 Å². The van der Waals surface area contributed by atoms with E-state index in [-0.39, 0.29) is 12.1 Å². The van der Waals surface area contributed by atoms with E-state index >= 15 is 0 Å². The monoisotopic (exact) mass is 435 g/mol. The van der Waals surface area contributed by atoms with Crippen molar-refractivity contribution in [2.75, 3.05) is 6.54 Å². The molecule has 0 saturated carbocycles. The van der Waals surface area contributed by atoms with Crippen molar-refractivity contribution in [1.29, 1.82) is 5.26 Å². The summed E-state index contributed by atoms with van der Waals surface area (Å²) in [4.78, 5) is 26.3. The first-order chi connectivity index (χ1) is 15.9. The lowest BCUT2D eigenvalue weighted by Crippen LogP contribution is -2.42. The molecule has 2 amide bonds. The van der Waals surface area contributed by atoms with Gasteiger partial charge in [0.2, 0.25) is 0 Å². The van der Waals surface area contributed by atoms with E-state index < -0.39 is 11.8 Å². The number of rotatable bonds is 3. The topological polar surface area (TPSA) is 79.2 Å². The second-order valence-corrected chi connectivity index (χ2v) is 8.04. The fraction of sp³-hybridized carbons (Fsp3) is 0.148. The summed E-state index contributed by atoms with van der Waals surface area (Å²) >= 11 is 0. The van der Waals surface area contributed by atoms with Gasteiger partial charge in [0, 0.05) is 36.9 Å². The van der Waals surface area contributed by atoms with Crippen LogP contribution in [0.5, 0.6) is 0 Å². The predicted molar refractivity (Wildman–Crippen MR) is 127 cm³/mol. The third-order valence-corrected chi connectivity index (χ3v) is 6.24. The largest absolute Gasteiger partial charge is 0.455 e. The first-order valence-electron chi connectivity index (χ1n) is 10.7. The van der Waals surface area contributed by atoms with Crippen molar-refractivity contribution in [3.05, 3.63) is 77.1 Å². The highest BCUT2D eigenvalue weighted by Gasteiger charge is 2.34. The Morgan fingerprint density at radius 1 is 1.06 bits per heavy atom. The van der Waals surface area contributed by atoms with E-state index in [1.807, 2.05) is 43.4 Å². The van der Waals surface area contributed by atoms with Gasteiger partial charge in [-0.15, -0.1) is 0 Å². The molecule has 4 aromatic rings. The summed E-state index contributed by atoms with van der Waals surface area (Å²) in [5, 5.41) is 11.8. The molecule has 162 valence electrons. The normalized spacial score (nSPS) is 15.8. The van der Waals surface area contributed by atoms with Crippen molar-refractivity contribution >= 4 is 39.8 Å². The number of benzene rings is 2. The first kappa shape index (κ1) is 20.5. The van der Waals surface area contributed by atoms with Crippen LogP contribution < -0.4 is 0 Å². The zero-order valence-corrected chi connectivity index (χ0v) is 18.5. The molecule has 5 rings (SSSR count). The van der Waals surface area contributed by atoms with Crippen molar-refractivity contribution < 1.29 is 14.0 Å². The second kappa shape index (κ2) is 7.64. The number of nitrogens with zero attached hydrogens (tertiary/aromatic N) is 3. The van der Waals surface area contributed by atoms with Crippen LogP contribution >= 0.6 is 0 Å². The number of carbonyl (C=O) groups is 2. The molecule has 0 saturated heterocycles. The molecule has 1 aliphatic heterocycles. The number of aryl methyl sites for hydroxylation is 1. The van der Waals surface area contributed by atoms with Gasteiger partial charge >= 0.3 is 0 Å². The van der Waals surface area contributed by atoms with Gasteiger partial charge in [0.05, 0.1) is 11.2 Å². The van der Waals surface area contributed by atoms with Gasteiger partial charge in [-0.05, 0) is 36.3 Å². The van der Waals surface area contributed by atoms with Crippen LogP contribution in [0, 0.1) is 11.3 Å². The molecule has 0 bridgehead atoms. The number of amides is 2. The standard InChI is InChI=1S/C27H21N3O3/c1-4-30-26(31)21(16(2)22(15-28)27(30)32)12-18-13-24-25(33-18)14-23(29(24)3)20-11-7-9-17-8-5-6-10-19(17)20/h5-14H,4H2,1-3H3/b21-12-. The summed E-state index contributed by atoms with van der Waals surface area (Å²) in [6.07, 6.45) is 1.61. The van der Waals surface area contributed by atoms with E-state index in [1.165, 1.54) is 5.39 Å². The number of nitriles is 1. The summed E-state index contributed by atoms with van der Waals surface area (Å²) < 4.78 is 8.13. The molecule has 0 radical (unpaired) electrons. The van der Waals surface area contributed by atoms with Crippen LogP contribution in [0.2, 0.25) is 0 Å². The summed E-state index contributed by atoms with van der Waals surface area (Å²) in [7, 11) is 1.98. The molecule has 33 heavy (non-hydrogen) atoms. The van der Waals surface area contributed by atoms with Gasteiger partial charge < -0.3 is 8.98 Å². The lowest BCUT2D eigenvalue weighted by atomic mass is 9.95. The first-order valence-corrected chi connectivity index (χ1v) is 10.7. The van der Waals surface area contributed by atoms with Crippen LogP contribution in [0.15, 0.2) is 75.7 Å². The maximum atomic E-state index is 12.9. The Balaban J connectivity index is 1.62. The van der Waals surface area contributed by atoms with E-state index in [9.17, 15) is 14.9 Å². The Morgan fingerprint density at radius 3 is 2.55 bits per heavy atom. The molecule has 0 N–H and O–H groups in total. The lowest BCUT2D eigenvalue weighted by Gasteiger charge is -2.25. The van der Waals surface area contributed by atoms with E-state index in [0.717, 1.165) is 27.1 Å². The maximum Gasteiger partial charge on any atom is 0.271 e. The predicted octanol–water partition coefficient (Wildman–Crippen LogP) is 5.20. The zero-order valence-electron chi connectivity index (χ0n) is 18.5. The number of hydrogen-bond acceptors (Lipinski definition) is 4. The smallest absolute Gasteiger partial charge is 0.271 e. The SMILES string of the molecule is CCN1C(=O)C(C#N)=C(C)/C(=C/c2cc3c(cc(-c4cccc5ccccc45)n3C)o2)C1=O. The average Bonchev–Trinajstić information content (AvgIpc) is 3.35. The number of fused-ring (bicyclic) bond motifs is 2. The number of hydrogen-bond donors (Lipinski definition) is 0. The highest BCUT2D eigenvalue weighted by molar-refractivity contribution is 6.19. The van der Waals surface area contributed by atoms with Gasteiger partial charge in [-0.1, -0.05) is 42.5 Å². The zero-order chi connectivity index (χ0) is 23.3. The highest BCUT2D eigenvalue weighted by Crippen LogP contribution is 2.35. The molecule has 3 heterocycles. The quantitative estimate of drug-likeness (QED) is 0.327. The molecule has 0 atom stereocenters. The minimum atomic E-state index is -0.552. The van der Waals surface area contributed by atoms with Gasteiger partial charge in [-0.25, -0.2) is 0 Å². The van der Waals surface area contributed by atoms with Crippen molar-refractivity contribution in [1.82, 2.24) is 9.47 Å². The summed E-state index contributed by atoms with van der Waals surface area (Å²) in [5.74, 6) is -0.481. The fourth-order valence-corrected chi connectivity index (χ4v) is 4.47. The summed E-state index contributed by atoms with van der Waals surface area (Å²) in [6, 6.07) is 20.3. The second-order valence-electron chi connectivity index (χ2n) is 8.04. The Morgan fingerprint density at radius 2 is 1.82 bits per heavy atom. The molecule has 1 aliphatic rings. The molecular weight excluding hydrogens is 414 g/mol. The van der Waals surface area contributed by atoms with E-state index in [4.69, 9.17) is 4.42 Å². The van der Waals surface area contributed by atoms with Crippen molar-refractivity contribution in [3.63, 3.8) is 0 Å². The maximum absolute atomic E-state index is 12.9. The van der Waals surface area contributed by atoms with Crippen LogP contribution in [-0.2, 0) is 16.6 Å². The van der Waals surface area contributed by atoms with Crippen LogP contribution in [0.4, 0.5) is 0 Å². The molecular formula is C27H21N3O3. The van der Waals surface area contributed by atoms with Gasteiger partial charge in [0.15, 0.2) is 5.58 Å². The van der Waals surface area contributed by atoms with Crippen molar-refractivity contribution in [2.45, 2.75) is 13.8 Å². The number of imide groups is 1. The molecule has 6 heteroatoms. The Bertz CT molecular complexity index is 1570. The fourth-order valence-electron chi connectivity index (χ4n) is 4.47. The number of furan rings is 1. The van der Waals surface area contributed by atoms with Gasteiger partial charge in [0.1, 0.15) is 17.4 Å². The van der Waals surface area contributed by atoms with Gasteiger partial charge in [-0.2, -0.15) is 5.26 Å². The van der Waals surface area contributed by atoms with Crippen molar-refractivity contribution in [3.8, 4) is 17.3 Å². The molecule has 2 aromatic carbocycles. The number of carbonyl (C=O) groups excluding carboxylic acids is 2. The van der Waals surface area contributed by atoms with Crippen LogP contribution in [0.3, 0.4) is 0 Å². The highest BCUT2D eigenvalue weighted by atomic mass is 16.3. The molecule has 6 nitrogen and oxygen atoms in total. The molecule has 0 spiro atoms. The number of likely N-dealkylation sites (N-methyl/N-ethyl adjacent to an activating group) is 1. The Kier molecular flexibility index (Phi) is 4.75. The molecule has 0 fully saturated rings. The Hall–Kier alpha value is -4.37. The minimum Gasteiger partial charge on any atom is -0.455 e. The van der Waals surface area contributed by atoms with Crippen LogP contribution in [-0.4, -0.2) is 27.8 Å². The van der Waals surface area contributed by atoms with E-state index in [1.54, 1.807) is 19.9 Å². The van der Waals surface area contributed by atoms with E-state index in [2.05, 4.69) is 28.8 Å².